The molecule has 2 aromatic rings. The number of ether oxygens (including phenoxy) is 1. The van der Waals surface area contributed by atoms with Crippen molar-refractivity contribution in [2.45, 2.75) is 25.4 Å². The first-order chi connectivity index (χ1) is 10.8. The zero-order valence-electron chi connectivity index (χ0n) is 12.5. The topological polar surface area (TPSA) is 37.4 Å². The Morgan fingerprint density at radius 2 is 2.09 bits per heavy atom. The maximum atomic E-state index is 5.60. The van der Waals surface area contributed by atoms with E-state index < -0.39 is 0 Å². The summed E-state index contributed by atoms with van der Waals surface area (Å²) < 4.78 is 5.17. The summed E-state index contributed by atoms with van der Waals surface area (Å²) in [4.78, 5) is 6.42. The van der Waals surface area contributed by atoms with Crippen molar-refractivity contribution in [3.05, 3.63) is 54.4 Å². The lowest BCUT2D eigenvalue weighted by molar-refractivity contribution is 0.408. The van der Waals surface area contributed by atoms with E-state index in [0.717, 1.165) is 23.1 Å². The Morgan fingerprint density at radius 1 is 1.32 bits per heavy atom. The van der Waals surface area contributed by atoms with Crippen molar-refractivity contribution in [1.29, 1.82) is 0 Å². The Hall–Kier alpha value is -2.14. The minimum absolute atomic E-state index is 0.540. The predicted molar refractivity (Wildman–Crippen MR) is 92.0 cm³/mol. The van der Waals surface area contributed by atoms with E-state index in [1.54, 1.807) is 13.3 Å². The largest absolute Gasteiger partial charge is 0.497 e. The van der Waals surface area contributed by atoms with E-state index in [4.69, 9.17) is 17.0 Å². The molecule has 0 radical (unpaired) electrons. The van der Waals surface area contributed by atoms with Gasteiger partial charge in [-0.1, -0.05) is 6.07 Å². The van der Waals surface area contributed by atoms with Crippen LogP contribution in [0, 0.1) is 0 Å². The third kappa shape index (κ3) is 3.74. The molecule has 114 valence electrons. The molecular formula is C17H19N3OS. The van der Waals surface area contributed by atoms with Crippen molar-refractivity contribution in [2.75, 3.05) is 12.4 Å². The van der Waals surface area contributed by atoms with Crippen LogP contribution in [0.5, 0.6) is 5.75 Å². The number of rotatable bonds is 5. The number of thiocarbonyl (C=S) groups is 1. The van der Waals surface area contributed by atoms with Crippen molar-refractivity contribution < 1.29 is 4.74 Å². The number of hydrogen-bond donors (Lipinski definition) is 1. The van der Waals surface area contributed by atoms with Gasteiger partial charge in [0.25, 0.3) is 0 Å². The third-order valence-electron chi connectivity index (χ3n) is 3.67. The molecular weight excluding hydrogens is 294 g/mol. The van der Waals surface area contributed by atoms with Gasteiger partial charge in [0.2, 0.25) is 0 Å². The number of hydrogen-bond acceptors (Lipinski definition) is 3. The van der Waals surface area contributed by atoms with Crippen LogP contribution in [0.3, 0.4) is 0 Å². The molecule has 1 fully saturated rings. The van der Waals surface area contributed by atoms with Gasteiger partial charge in [-0.3, -0.25) is 4.98 Å². The lowest BCUT2D eigenvalue weighted by Crippen LogP contribution is -2.36. The van der Waals surface area contributed by atoms with Crippen LogP contribution in [0.4, 0.5) is 5.69 Å². The molecule has 1 aromatic heterocycles. The molecule has 1 N–H and O–H groups in total. The molecule has 0 aliphatic heterocycles. The summed E-state index contributed by atoms with van der Waals surface area (Å²) in [5, 5.41) is 4.08. The molecule has 0 amide bonds. The highest BCUT2D eigenvalue weighted by Gasteiger charge is 2.30. The van der Waals surface area contributed by atoms with Crippen LogP contribution < -0.4 is 10.1 Å². The second-order valence-electron chi connectivity index (χ2n) is 5.38. The van der Waals surface area contributed by atoms with E-state index in [0.29, 0.717) is 6.04 Å². The van der Waals surface area contributed by atoms with Crippen LogP contribution in [-0.2, 0) is 6.54 Å². The molecule has 1 aliphatic carbocycles. The summed E-state index contributed by atoms with van der Waals surface area (Å²) in [5.74, 6) is 0.839. The zero-order chi connectivity index (χ0) is 15.4. The predicted octanol–water partition coefficient (Wildman–Crippen LogP) is 3.45. The number of nitrogens with one attached hydrogen (secondary N) is 1. The molecule has 0 unspecified atom stereocenters. The first kappa shape index (κ1) is 14.8. The highest BCUT2D eigenvalue weighted by molar-refractivity contribution is 7.80. The van der Waals surface area contributed by atoms with E-state index in [1.807, 2.05) is 36.5 Å². The van der Waals surface area contributed by atoms with Gasteiger partial charge in [0.15, 0.2) is 5.11 Å². The Labute approximate surface area is 136 Å². The molecule has 4 nitrogen and oxygen atoms in total. The first-order valence-electron chi connectivity index (χ1n) is 7.37. The number of methoxy groups -OCH3 is 1. The lowest BCUT2D eigenvalue weighted by Gasteiger charge is -2.26. The highest BCUT2D eigenvalue weighted by Crippen LogP contribution is 2.29. The van der Waals surface area contributed by atoms with E-state index in [1.165, 1.54) is 18.4 Å². The van der Waals surface area contributed by atoms with Crippen molar-refractivity contribution in [3.63, 3.8) is 0 Å². The number of nitrogens with zero attached hydrogens (tertiary/aromatic N) is 2. The first-order valence-corrected chi connectivity index (χ1v) is 7.77. The summed E-state index contributed by atoms with van der Waals surface area (Å²) in [6.45, 7) is 0.792. The molecule has 0 saturated heterocycles. The quantitative estimate of drug-likeness (QED) is 0.856. The van der Waals surface area contributed by atoms with Gasteiger partial charge < -0.3 is 15.0 Å². The van der Waals surface area contributed by atoms with Crippen molar-refractivity contribution >= 4 is 23.0 Å². The lowest BCUT2D eigenvalue weighted by atomic mass is 10.2. The van der Waals surface area contributed by atoms with E-state index in [-0.39, 0.29) is 0 Å². The molecule has 1 saturated carbocycles. The van der Waals surface area contributed by atoms with Gasteiger partial charge in [-0.25, -0.2) is 0 Å². The van der Waals surface area contributed by atoms with Gasteiger partial charge in [0.05, 0.1) is 7.11 Å². The van der Waals surface area contributed by atoms with Crippen LogP contribution in [0.25, 0.3) is 0 Å². The second kappa shape index (κ2) is 6.75. The number of aromatic nitrogens is 1. The van der Waals surface area contributed by atoms with Gasteiger partial charge in [-0.05, 0) is 61.0 Å². The molecule has 0 bridgehead atoms. The fraction of sp³-hybridized carbons (Fsp3) is 0.294. The number of anilines is 1. The van der Waals surface area contributed by atoms with Crippen LogP contribution in [0.1, 0.15) is 18.4 Å². The van der Waals surface area contributed by atoms with Gasteiger partial charge in [-0.2, -0.15) is 0 Å². The van der Waals surface area contributed by atoms with Gasteiger partial charge in [-0.15, -0.1) is 0 Å². The average molecular weight is 313 g/mol. The van der Waals surface area contributed by atoms with Crippen molar-refractivity contribution in [3.8, 4) is 5.75 Å². The summed E-state index contributed by atoms with van der Waals surface area (Å²) in [6.07, 6.45) is 6.08. The average Bonchev–Trinajstić information content (AvgIpc) is 3.39. The molecule has 22 heavy (non-hydrogen) atoms. The maximum Gasteiger partial charge on any atom is 0.173 e. The molecule has 1 aliphatic rings. The molecule has 3 rings (SSSR count). The summed E-state index contributed by atoms with van der Waals surface area (Å²) in [6, 6.07) is 12.4. The maximum absolute atomic E-state index is 5.60. The molecule has 0 atom stereocenters. The van der Waals surface area contributed by atoms with Gasteiger partial charge in [0.1, 0.15) is 5.75 Å². The third-order valence-corrected chi connectivity index (χ3v) is 4.00. The fourth-order valence-corrected chi connectivity index (χ4v) is 2.64. The minimum Gasteiger partial charge on any atom is -0.497 e. The summed E-state index contributed by atoms with van der Waals surface area (Å²) in [5.41, 5.74) is 2.15. The monoisotopic (exact) mass is 313 g/mol. The zero-order valence-corrected chi connectivity index (χ0v) is 13.3. The van der Waals surface area contributed by atoms with Gasteiger partial charge >= 0.3 is 0 Å². The molecule has 1 aromatic carbocycles. The van der Waals surface area contributed by atoms with E-state index >= 15 is 0 Å². The minimum atomic E-state index is 0.540. The number of pyridine rings is 1. The van der Waals surface area contributed by atoms with Crippen molar-refractivity contribution in [1.82, 2.24) is 9.88 Å². The normalized spacial score (nSPS) is 13.5. The van der Waals surface area contributed by atoms with Gasteiger partial charge in [0, 0.05) is 30.7 Å². The van der Waals surface area contributed by atoms with Crippen LogP contribution in [-0.4, -0.2) is 28.1 Å². The Kier molecular flexibility index (Phi) is 4.53. The SMILES string of the molecule is COc1ccc(NC(=S)N(Cc2cccnc2)C2CC2)cc1. The Balaban J connectivity index is 1.67. The van der Waals surface area contributed by atoms with Crippen LogP contribution >= 0.6 is 12.2 Å². The van der Waals surface area contributed by atoms with Crippen LogP contribution in [0.2, 0.25) is 0 Å². The standard InChI is InChI=1S/C17H19N3OS/c1-21-16-8-4-14(5-9-16)19-17(22)20(15-6-7-15)12-13-3-2-10-18-11-13/h2-5,8-11,15H,6-7,12H2,1H3,(H,19,22). The van der Waals surface area contributed by atoms with Crippen molar-refractivity contribution in [2.24, 2.45) is 0 Å². The second-order valence-corrected chi connectivity index (χ2v) is 5.77. The smallest absolute Gasteiger partial charge is 0.173 e. The number of benzene rings is 1. The van der Waals surface area contributed by atoms with E-state index in [9.17, 15) is 0 Å². The molecule has 5 heteroatoms. The Morgan fingerprint density at radius 3 is 2.68 bits per heavy atom. The summed E-state index contributed by atoms with van der Waals surface area (Å²) in [7, 11) is 1.66. The molecule has 1 heterocycles. The van der Waals surface area contributed by atoms with Crippen LogP contribution in [0.15, 0.2) is 48.8 Å². The van der Waals surface area contributed by atoms with E-state index in [2.05, 4.69) is 21.3 Å². The summed E-state index contributed by atoms with van der Waals surface area (Å²) >= 11 is 5.60. The highest BCUT2D eigenvalue weighted by atomic mass is 32.1. The Bertz CT molecular complexity index is 626. The molecule has 0 spiro atoms. The fourth-order valence-electron chi connectivity index (χ4n) is 2.31.